The number of benzene rings is 1. The average molecular weight is 318 g/mol. The van der Waals surface area contributed by atoms with Gasteiger partial charge in [0.25, 0.3) is 0 Å². The molecule has 2 heterocycles. The molecule has 2 aromatic rings. The SMILES string of the molecule is O=C(Nc1nncs1)N1CCC(COc2ccccc2)CC1. The summed E-state index contributed by atoms with van der Waals surface area (Å²) in [7, 11) is 0. The van der Waals surface area contributed by atoms with Crippen molar-refractivity contribution in [3.63, 3.8) is 0 Å². The highest BCUT2D eigenvalue weighted by Gasteiger charge is 2.23. The van der Waals surface area contributed by atoms with E-state index in [1.807, 2.05) is 35.2 Å². The molecular formula is C15H18N4O2S. The van der Waals surface area contributed by atoms with Crippen LogP contribution in [0.15, 0.2) is 35.8 Å². The zero-order chi connectivity index (χ0) is 15.2. The van der Waals surface area contributed by atoms with E-state index in [4.69, 9.17) is 4.74 Å². The maximum absolute atomic E-state index is 12.1. The second kappa shape index (κ2) is 7.22. The first-order chi connectivity index (χ1) is 10.8. The third-order valence-electron chi connectivity index (χ3n) is 3.70. The number of anilines is 1. The van der Waals surface area contributed by atoms with Gasteiger partial charge in [0.15, 0.2) is 0 Å². The van der Waals surface area contributed by atoms with E-state index >= 15 is 0 Å². The molecule has 6 nitrogen and oxygen atoms in total. The topological polar surface area (TPSA) is 67.4 Å². The van der Waals surface area contributed by atoms with Crippen LogP contribution in [0.5, 0.6) is 5.75 Å². The van der Waals surface area contributed by atoms with Gasteiger partial charge in [-0.3, -0.25) is 5.32 Å². The molecule has 116 valence electrons. The van der Waals surface area contributed by atoms with Crippen LogP contribution >= 0.6 is 11.3 Å². The molecule has 0 radical (unpaired) electrons. The van der Waals surface area contributed by atoms with E-state index in [0.717, 1.165) is 31.7 Å². The molecule has 22 heavy (non-hydrogen) atoms. The van der Waals surface area contributed by atoms with Crippen LogP contribution in [0.25, 0.3) is 0 Å². The lowest BCUT2D eigenvalue weighted by Gasteiger charge is -2.31. The number of aromatic nitrogens is 2. The fourth-order valence-electron chi connectivity index (χ4n) is 2.43. The zero-order valence-corrected chi connectivity index (χ0v) is 13.0. The van der Waals surface area contributed by atoms with Crippen molar-refractivity contribution >= 4 is 22.5 Å². The molecule has 0 unspecified atom stereocenters. The van der Waals surface area contributed by atoms with Gasteiger partial charge in [-0.2, -0.15) is 0 Å². The lowest BCUT2D eigenvalue weighted by molar-refractivity contribution is 0.152. The molecule has 7 heteroatoms. The van der Waals surface area contributed by atoms with Crippen molar-refractivity contribution in [2.45, 2.75) is 12.8 Å². The van der Waals surface area contributed by atoms with Crippen molar-refractivity contribution in [1.29, 1.82) is 0 Å². The first-order valence-electron chi connectivity index (χ1n) is 7.31. The van der Waals surface area contributed by atoms with Crippen LogP contribution in [0.3, 0.4) is 0 Å². The molecule has 1 aromatic carbocycles. The number of rotatable bonds is 4. The van der Waals surface area contributed by atoms with Gasteiger partial charge in [0, 0.05) is 13.1 Å². The number of para-hydroxylation sites is 1. The van der Waals surface area contributed by atoms with E-state index in [0.29, 0.717) is 17.7 Å². The van der Waals surface area contributed by atoms with Crippen molar-refractivity contribution in [3.05, 3.63) is 35.8 Å². The van der Waals surface area contributed by atoms with Gasteiger partial charge in [-0.15, -0.1) is 10.2 Å². The summed E-state index contributed by atoms with van der Waals surface area (Å²) in [5, 5.41) is 10.8. The summed E-state index contributed by atoms with van der Waals surface area (Å²) in [6.07, 6.45) is 1.91. The third-order valence-corrected chi connectivity index (χ3v) is 4.31. The highest BCUT2D eigenvalue weighted by atomic mass is 32.1. The summed E-state index contributed by atoms with van der Waals surface area (Å²) in [5.41, 5.74) is 1.60. The second-order valence-corrected chi connectivity index (χ2v) is 6.06. The summed E-state index contributed by atoms with van der Waals surface area (Å²) < 4.78 is 5.79. The van der Waals surface area contributed by atoms with E-state index in [1.165, 1.54) is 11.3 Å². The van der Waals surface area contributed by atoms with Crippen molar-refractivity contribution < 1.29 is 9.53 Å². The van der Waals surface area contributed by atoms with Crippen LogP contribution in [0.2, 0.25) is 0 Å². The van der Waals surface area contributed by atoms with Crippen molar-refractivity contribution in [2.24, 2.45) is 5.92 Å². The minimum absolute atomic E-state index is 0.0980. The monoisotopic (exact) mass is 318 g/mol. The number of carbonyl (C=O) groups is 1. The maximum atomic E-state index is 12.1. The zero-order valence-electron chi connectivity index (χ0n) is 12.1. The Morgan fingerprint density at radius 2 is 2.09 bits per heavy atom. The molecule has 0 aliphatic carbocycles. The van der Waals surface area contributed by atoms with E-state index < -0.39 is 0 Å². The summed E-state index contributed by atoms with van der Waals surface area (Å²) in [6, 6.07) is 9.74. The van der Waals surface area contributed by atoms with Gasteiger partial charge in [0.2, 0.25) is 5.13 Å². The Hall–Kier alpha value is -2.15. The molecule has 1 fully saturated rings. The van der Waals surface area contributed by atoms with Crippen molar-refractivity contribution in [1.82, 2.24) is 15.1 Å². The number of urea groups is 1. The number of hydrogen-bond donors (Lipinski definition) is 1. The van der Waals surface area contributed by atoms with E-state index in [2.05, 4.69) is 15.5 Å². The summed E-state index contributed by atoms with van der Waals surface area (Å²) in [5.74, 6) is 1.39. The Labute approximate surface area is 133 Å². The molecule has 1 aliphatic rings. The predicted molar refractivity (Wildman–Crippen MR) is 85.2 cm³/mol. The number of nitrogens with one attached hydrogen (secondary N) is 1. The lowest BCUT2D eigenvalue weighted by Crippen LogP contribution is -2.42. The minimum Gasteiger partial charge on any atom is -0.493 e. The van der Waals surface area contributed by atoms with Gasteiger partial charge in [0.1, 0.15) is 11.3 Å². The van der Waals surface area contributed by atoms with Gasteiger partial charge < -0.3 is 9.64 Å². The second-order valence-electron chi connectivity index (χ2n) is 5.23. The standard InChI is InChI=1S/C15H18N4O2S/c20-15(17-14-18-16-11-22-14)19-8-6-12(7-9-19)10-21-13-4-2-1-3-5-13/h1-5,11-12H,6-10H2,(H,17,18,20). The Bertz CT molecular complexity index is 583. The molecule has 0 saturated carbocycles. The number of ether oxygens (including phenoxy) is 1. The van der Waals surface area contributed by atoms with E-state index in [1.54, 1.807) is 5.51 Å². The number of nitrogens with zero attached hydrogens (tertiary/aromatic N) is 3. The Balaban J connectivity index is 1.41. The minimum atomic E-state index is -0.0980. The summed E-state index contributed by atoms with van der Waals surface area (Å²) in [4.78, 5) is 13.9. The summed E-state index contributed by atoms with van der Waals surface area (Å²) >= 11 is 1.32. The van der Waals surface area contributed by atoms with Crippen molar-refractivity contribution in [3.8, 4) is 5.75 Å². The molecule has 0 bridgehead atoms. The Morgan fingerprint density at radius 3 is 2.77 bits per heavy atom. The van der Waals surface area contributed by atoms with Crippen LogP contribution in [-0.4, -0.2) is 40.8 Å². The van der Waals surface area contributed by atoms with Crippen LogP contribution in [0, 0.1) is 5.92 Å². The van der Waals surface area contributed by atoms with Crippen LogP contribution in [0.4, 0.5) is 9.93 Å². The number of piperidine rings is 1. The lowest BCUT2D eigenvalue weighted by atomic mass is 9.98. The molecular weight excluding hydrogens is 300 g/mol. The quantitative estimate of drug-likeness (QED) is 0.941. The van der Waals surface area contributed by atoms with Gasteiger partial charge in [-0.1, -0.05) is 29.5 Å². The Kier molecular flexibility index (Phi) is 4.85. The van der Waals surface area contributed by atoms with Gasteiger partial charge in [-0.25, -0.2) is 4.79 Å². The highest BCUT2D eigenvalue weighted by Crippen LogP contribution is 2.20. The molecule has 1 aliphatic heterocycles. The first-order valence-corrected chi connectivity index (χ1v) is 8.19. The molecule has 3 rings (SSSR count). The van der Waals surface area contributed by atoms with Crippen molar-refractivity contribution in [2.75, 3.05) is 25.0 Å². The number of amides is 2. The maximum Gasteiger partial charge on any atom is 0.323 e. The number of likely N-dealkylation sites (tertiary alicyclic amines) is 1. The predicted octanol–water partition coefficient (Wildman–Crippen LogP) is 2.86. The molecule has 1 saturated heterocycles. The molecule has 1 aromatic heterocycles. The fraction of sp³-hybridized carbons (Fsp3) is 0.400. The molecule has 0 atom stereocenters. The van der Waals surface area contributed by atoms with Crippen LogP contribution in [0.1, 0.15) is 12.8 Å². The van der Waals surface area contributed by atoms with E-state index in [-0.39, 0.29) is 6.03 Å². The molecule has 1 N–H and O–H groups in total. The van der Waals surface area contributed by atoms with Gasteiger partial charge in [0.05, 0.1) is 6.61 Å². The first kappa shape index (κ1) is 14.8. The smallest absolute Gasteiger partial charge is 0.323 e. The van der Waals surface area contributed by atoms with Gasteiger partial charge >= 0.3 is 6.03 Å². The third kappa shape index (κ3) is 3.94. The van der Waals surface area contributed by atoms with Crippen LogP contribution in [-0.2, 0) is 0 Å². The fourth-order valence-corrected chi connectivity index (χ4v) is 2.87. The summed E-state index contributed by atoms with van der Waals surface area (Å²) in [6.45, 7) is 2.19. The number of hydrogen-bond acceptors (Lipinski definition) is 5. The largest absolute Gasteiger partial charge is 0.493 e. The number of carbonyl (C=O) groups excluding carboxylic acids is 1. The Morgan fingerprint density at radius 1 is 1.32 bits per heavy atom. The molecule has 2 amide bonds. The van der Waals surface area contributed by atoms with Crippen LogP contribution < -0.4 is 10.1 Å². The molecule has 0 spiro atoms. The van der Waals surface area contributed by atoms with Gasteiger partial charge in [-0.05, 0) is 30.9 Å². The van der Waals surface area contributed by atoms with E-state index in [9.17, 15) is 4.79 Å². The average Bonchev–Trinajstić information content (AvgIpc) is 3.07. The normalized spacial score (nSPS) is 15.5. The highest BCUT2D eigenvalue weighted by molar-refractivity contribution is 7.13.